The molecule has 0 saturated carbocycles. The Kier molecular flexibility index (Phi) is 6.39. The van der Waals surface area contributed by atoms with E-state index >= 15 is 0 Å². The van der Waals surface area contributed by atoms with Crippen molar-refractivity contribution >= 4 is 9.28 Å². The molecule has 1 unspecified atom stereocenters. The zero-order valence-corrected chi connectivity index (χ0v) is 13.0. The Hall–Kier alpha value is -0.843. The third-order valence-electron chi connectivity index (χ3n) is 2.38. The number of hydrogen-bond acceptors (Lipinski definition) is 3. The molecular formula is C14H24O3Si. The first kappa shape index (κ1) is 15.2. The fraction of sp³-hybridized carbons (Fsp3) is 0.571. The van der Waals surface area contributed by atoms with Crippen molar-refractivity contribution < 1.29 is 13.6 Å². The summed E-state index contributed by atoms with van der Waals surface area (Å²) in [6, 6.07) is 10.9. The molecule has 1 atom stereocenters. The molecule has 0 radical (unpaired) electrons. The summed E-state index contributed by atoms with van der Waals surface area (Å²) in [6.07, 6.45) is 0. The summed E-state index contributed by atoms with van der Waals surface area (Å²) >= 11 is 0. The van der Waals surface area contributed by atoms with Crippen LogP contribution in [0.15, 0.2) is 30.3 Å². The van der Waals surface area contributed by atoms with Gasteiger partial charge in [0.05, 0.1) is 13.2 Å². The Morgan fingerprint density at radius 1 is 1.06 bits per heavy atom. The van der Waals surface area contributed by atoms with Crippen LogP contribution in [0.25, 0.3) is 0 Å². The number of hydrogen-bond donors (Lipinski definition) is 0. The lowest BCUT2D eigenvalue weighted by Crippen LogP contribution is -2.32. The number of para-hydroxylation sites is 1. The number of benzene rings is 1. The van der Waals surface area contributed by atoms with E-state index in [0.29, 0.717) is 13.2 Å². The first-order valence-electron chi connectivity index (χ1n) is 6.33. The molecule has 0 heterocycles. The predicted octanol–water partition coefficient (Wildman–Crippen LogP) is 3.00. The van der Waals surface area contributed by atoms with Crippen molar-refractivity contribution in [2.24, 2.45) is 5.41 Å². The fourth-order valence-electron chi connectivity index (χ4n) is 1.55. The Balaban J connectivity index is 2.54. The van der Waals surface area contributed by atoms with Crippen molar-refractivity contribution in [3.63, 3.8) is 0 Å². The molecule has 1 aromatic rings. The Morgan fingerprint density at radius 3 is 2.28 bits per heavy atom. The van der Waals surface area contributed by atoms with Crippen molar-refractivity contribution in [2.45, 2.75) is 26.8 Å². The van der Waals surface area contributed by atoms with E-state index in [1.807, 2.05) is 30.3 Å². The molecule has 0 spiro atoms. The van der Waals surface area contributed by atoms with Crippen LogP contribution in [0.2, 0.25) is 6.04 Å². The molecule has 1 aromatic carbocycles. The van der Waals surface area contributed by atoms with Crippen LogP contribution in [0.3, 0.4) is 0 Å². The molecule has 0 aliphatic rings. The highest BCUT2D eigenvalue weighted by Gasteiger charge is 2.24. The quantitative estimate of drug-likeness (QED) is 0.562. The van der Waals surface area contributed by atoms with E-state index in [0.717, 1.165) is 11.8 Å². The third kappa shape index (κ3) is 6.79. The maximum absolute atomic E-state index is 6.00. The van der Waals surface area contributed by atoms with Gasteiger partial charge >= 0.3 is 9.28 Å². The van der Waals surface area contributed by atoms with Gasteiger partial charge in [0.15, 0.2) is 0 Å². The second-order valence-corrected chi connectivity index (χ2v) is 7.33. The van der Waals surface area contributed by atoms with Crippen LogP contribution < -0.4 is 4.43 Å². The summed E-state index contributed by atoms with van der Waals surface area (Å²) < 4.78 is 16.9. The average Bonchev–Trinajstić information content (AvgIpc) is 2.28. The van der Waals surface area contributed by atoms with E-state index in [9.17, 15) is 0 Å². The van der Waals surface area contributed by atoms with Gasteiger partial charge in [-0.25, -0.2) is 0 Å². The summed E-state index contributed by atoms with van der Waals surface area (Å²) in [5, 5.41) is 0. The minimum atomic E-state index is -1.70. The van der Waals surface area contributed by atoms with E-state index in [2.05, 4.69) is 20.8 Å². The van der Waals surface area contributed by atoms with Crippen molar-refractivity contribution in [1.82, 2.24) is 0 Å². The largest absolute Gasteiger partial charge is 0.522 e. The van der Waals surface area contributed by atoms with Crippen LogP contribution >= 0.6 is 0 Å². The topological polar surface area (TPSA) is 27.7 Å². The second kappa shape index (κ2) is 7.56. The smallest absolute Gasteiger partial charge is 0.383 e. The van der Waals surface area contributed by atoms with E-state index < -0.39 is 9.28 Å². The molecule has 0 saturated heterocycles. The first-order chi connectivity index (χ1) is 8.51. The van der Waals surface area contributed by atoms with Gasteiger partial charge in [-0.05, 0) is 17.5 Å². The van der Waals surface area contributed by atoms with Crippen LogP contribution in [0, 0.1) is 5.41 Å². The minimum Gasteiger partial charge on any atom is -0.522 e. The lowest BCUT2D eigenvalue weighted by molar-refractivity contribution is 0.133. The molecular weight excluding hydrogens is 244 g/mol. The molecule has 0 amide bonds. The van der Waals surface area contributed by atoms with Gasteiger partial charge in [-0.3, -0.25) is 0 Å². The van der Waals surface area contributed by atoms with Gasteiger partial charge < -0.3 is 13.6 Å². The van der Waals surface area contributed by atoms with Gasteiger partial charge in [0.1, 0.15) is 5.75 Å². The van der Waals surface area contributed by atoms with Crippen LogP contribution in [0.1, 0.15) is 20.8 Å². The molecule has 0 aromatic heterocycles. The standard InChI is InChI=1S/C14H24O3Si/c1-14(2,3)12-18(16-11-10-15-4)17-13-8-6-5-7-9-13/h5-9,18H,10-12H2,1-4H3. The Bertz CT molecular complexity index is 322. The highest BCUT2D eigenvalue weighted by atomic mass is 28.3. The maximum Gasteiger partial charge on any atom is 0.383 e. The SMILES string of the molecule is COCCO[SiH](CC(C)(C)C)Oc1ccccc1. The van der Waals surface area contributed by atoms with Gasteiger partial charge in [0.2, 0.25) is 0 Å². The first-order valence-corrected chi connectivity index (χ1v) is 8.09. The van der Waals surface area contributed by atoms with E-state index in [1.54, 1.807) is 7.11 Å². The molecule has 0 N–H and O–H groups in total. The molecule has 4 heteroatoms. The molecule has 18 heavy (non-hydrogen) atoms. The van der Waals surface area contributed by atoms with E-state index in [1.165, 1.54) is 0 Å². The van der Waals surface area contributed by atoms with Crippen molar-refractivity contribution in [3.05, 3.63) is 30.3 Å². The summed E-state index contributed by atoms with van der Waals surface area (Å²) in [7, 11) is -0.0147. The van der Waals surface area contributed by atoms with Gasteiger partial charge in [-0.2, -0.15) is 0 Å². The van der Waals surface area contributed by atoms with Gasteiger partial charge in [0.25, 0.3) is 0 Å². The number of ether oxygens (including phenoxy) is 1. The van der Waals surface area contributed by atoms with E-state index in [4.69, 9.17) is 13.6 Å². The monoisotopic (exact) mass is 268 g/mol. The van der Waals surface area contributed by atoms with Gasteiger partial charge in [0, 0.05) is 13.2 Å². The summed E-state index contributed by atoms with van der Waals surface area (Å²) in [5.74, 6) is 0.899. The Morgan fingerprint density at radius 2 is 1.72 bits per heavy atom. The van der Waals surface area contributed by atoms with Crippen molar-refractivity contribution in [3.8, 4) is 5.75 Å². The lowest BCUT2D eigenvalue weighted by Gasteiger charge is -2.25. The molecule has 0 fully saturated rings. The van der Waals surface area contributed by atoms with Crippen molar-refractivity contribution in [2.75, 3.05) is 20.3 Å². The highest BCUT2D eigenvalue weighted by molar-refractivity contribution is 6.45. The van der Waals surface area contributed by atoms with Gasteiger partial charge in [-0.1, -0.05) is 39.0 Å². The zero-order chi connectivity index (χ0) is 13.4. The Labute approximate surface area is 112 Å². The highest BCUT2D eigenvalue weighted by Crippen LogP contribution is 2.23. The molecule has 0 aliphatic carbocycles. The number of rotatable bonds is 7. The van der Waals surface area contributed by atoms with Gasteiger partial charge in [-0.15, -0.1) is 0 Å². The minimum absolute atomic E-state index is 0.221. The number of methoxy groups -OCH3 is 1. The third-order valence-corrected chi connectivity index (χ3v) is 5.08. The molecule has 0 aliphatic heterocycles. The summed E-state index contributed by atoms with van der Waals surface area (Å²) in [5.41, 5.74) is 0.221. The predicted molar refractivity (Wildman–Crippen MR) is 76.3 cm³/mol. The van der Waals surface area contributed by atoms with Crippen LogP contribution in [0.5, 0.6) is 5.75 Å². The molecule has 102 valence electrons. The fourth-order valence-corrected chi connectivity index (χ4v) is 3.64. The summed E-state index contributed by atoms with van der Waals surface area (Å²) in [6.45, 7) is 7.85. The summed E-state index contributed by atoms with van der Waals surface area (Å²) in [4.78, 5) is 0. The lowest BCUT2D eigenvalue weighted by atomic mass is 10.0. The maximum atomic E-state index is 6.00. The second-order valence-electron chi connectivity index (χ2n) is 5.49. The molecule has 1 rings (SSSR count). The zero-order valence-electron chi connectivity index (χ0n) is 11.8. The average molecular weight is 268 g/mol. The van der Waals surface area contributed by atoms with E-state index in [-0.39, 0.29) is 5.41 Å². The normalized spacial score (nSPS) is 13.3. The van der Waals surface area contributed by atoms with Crippen LogP contribution in [-0.2, 0) is 9.16 Å². The van der Waals surface area contributed by atoms with Crippen molar-refractivity contribution in [1.29, 1.82) is 0 Å². The van der Waals surface area contributed by atoms with Crippen LogP contribution in [-0.4, -0.2) is 29.6 Å². The molecule has 3 nitrogen and oxygen atoms in total. The molecule has 0 bridgehead atoms. The van der Waals surface area contributed by atoms with Crippen LogP contribution in [0.4, 0.5) is 0 Å².